The first kappa shape index (κ1) is 24.1. The molecule has 1 unspecified atom stereocenters. The molecule has 0 spiro atoms. The first-order chi connectivity index (χ1) is 17.2. The molecular weight excluding hydrogens is 482 g/mol. The van der Waals surface area contributed by atoms with Gasteiger partial charge in [-0.15, -0.1) is 0 Å². The molecule has 190 valence electrons. The van der Waals surface area contributed by atoms with Crippen LogP contribution in [0.1, 0.15) is 17.5 Å². The van der Waals surface area contributed by atoms with Gasteiger partial charge in [0.05, 0.1) is 44.4 Å². The van der Waals surface area contributed by atoms with Crippen molar-refractivity contribution >= 4 is 26.8 Å². The summed E-state index contributed by atoms with van der Waals surface area (Å²) >= 11 is 0. The van der Waals surface area contributed by atoms with Gasteiger partial charge in [0.25, 0.3) is 5.56 Å². The molecule has 3 heterocycles. The molecule has 0 bridgehead atoms. The summed E-state index contributed by atoms with van der Waals surface area (Å²) in [5, 5.41) is 3.45. The second-order valence-corrected chi connectivity index (χ2v) is 11.3. The third-order valence-electron chi connectivity index (χ3n) is 6.81. The van der Waals surface area contributed by atoms with Crippen molar-refractivity contribution in [2.24, 2.45) is 7.05 Å². The number of sulfone groups is 1. The molecule has 2 aliphatic heterocycles. The summed E-state index contributed by atoms with van der Waals surface area (Å²) in [6.07, 6.45) is 7.58. The number of nitrogens with one attached hydrogen (secondary N) is 1. The molecule has 1 aromatic heterocycles. The van der Waals surface area contributed by atoms with Crippen molar-refractivity contribution in [1.29, 1.82) is 0 Å². The maximum absolute atomic E-state index is 13.4. The lowest BCUT2D eigenvalue weighted by molar-refractivity contribution is 0.324. The van der Waals surface area contributed by atoms with Crippen LogP contribution in [0.25, 0.3) is 11.3 Å². The average Bonchev–Trinajstić information content (AvgIpc) is 3.15. The van der Waals surface area contributed by atoms with Gasteiger partial charge in [-0.05, 0) is 35.3 Å². The van der Waals surface area contributed by atoms with Crippen molar-refractivity contribution in [3.05, 3.63) is 69.3 Å². The Hall–Kier alpha value is -3.66. The number of allylic oxidation sites excluding steroid dienone is 1. The van der Waals surface area contributed by atoms with Gasteiger partial charge in [0.2, 0.25) is 5.75 Å². The van der Waals surface area contributed by atoms with Crippen LogP contribution >= 0.6 is 0 Å². The van der Waals surface area contributed by atoms with E-state index in [-0.39, 0.29) is 17.4 Å². The fourth-order valence-corrected chi connectivity index (χ4v) is 6.08. The Balaban J connectivity index is 1.76. The molecule has 3 aliphatic rings. The van der Waals surface area contributed by atoms with Gasteiger partial charge in [0.1, 0.15) is 0 Å². The van der Waals surface area contributed by atoms with Crippen molar-refractivity contribution in [1.82, 2.24) is 9.88 Å². The van der Waals surface area contributed by atoms with E-state index < -0.39 is 9.84 Å². The summed E-state index contributed by atoms with van der Waals surface area (Å²) < 4.78 is 42.9. The van der Waals surface area contributed by atoms with Crippen LogP contribution in [0.15, 0.2) is 52.6 Å². The van der Waals surface area contributed by atoms with Crippen molar-refractivity contribution in [3.63, 3.8) is 0 Å². The highest BCUT2D eigenvalue weighted by Crippen LogP contribution is 2.47. The van der Waals surface area contributed by atoms with E-state index in [1.807, 2.05) is 30.5 Å². The van der Waals surface area contributed by atoms with Crippen LogP contribution in [0.2, 0.25) is 0 Å². The Morgan fingerprint density at radius 2 is 1.81 bits per heavy atom. The molecular formula is C26H29N3O6S. The molecule has 0 amide bonds. The first-order valence-corrected chi connectivity index (χ1v) is 13.6. The molecule has 36 heavy (non-hydrogen) atoms. The number of hydrogen-bond donors (Lipinski definition) is 1. The Labute approximate surface area is 210 Å². The van der Waals surface area contributed by atoms with Crippen LogP contribution in [0.5, 0.6) is 17.2 Å². The third-order valence-corrected chi connectivity index (χ3v) is 7.64. The van der Waals surface area contributed by atoms with Crippen molar-refractivity contribution < 1.29 is 22.6 Å². The molecule has 9 nitrogen and oxygen atoms in total. The highest BCUT2D eigenvalue weighted by atomic mass is 32.2. The van der Waals surface area contributed by atoms with Crippen molar-refractivity contribution in [3.8, 4) is 17.2 Å². The maximum atomic E-state index is 13.4. The normalized spacial score (nSPS) is 18.5. The highest BCUT2D eigenvalue weighted by molar-refractivity contribution is 7.91. The Morgan fingerprint density at radius 1 is 1.11 bits per heavy atom. The van der Waals surface area contributed by atoms with E-state index in [4.69, 9.17) is 14.2 Å². The first-order valence-electron chi connectivity index (χ1n) is 11.5. The molecule has 10 heteroatoms. The highest BCUT2D eigenvalue weighted by Gasteiger charge is 2.39. The zero-order valence-corrected chi connectivity index (χ0v) is 21.7. The molecule has 0 saturated carbocycles. The zero-order valence-electron chi connectivity index (χ0n) is 20.9. The van der Waals surface area contributed by atoms with Crippen molar-refractivity contribution in [2.45, 2.75) is 12.5 Å². The van der Waals surface area contributed by atoms with Crippen LogP contribution in [-0.4, -0.2) is 58.9 Å². The second kappa shape index (κ2) is 8.77. The SMILES string of the molecule is COc1cc(N2C=C3C=C(CS(C)(=O)=O)c4ccn(C)c(=O)c4C4=C3C2CCN4)cc(OC)c1OC. The number of nitrogens with zero attached hydrogens (tertiary/aromatic N) is 2. The van der Waals surface area contributed by atoms with E-state index >= 15 is 0 Å². The lowest BCUT2D eigenvalue weighted by atomic mass is 9.92. The fourth-order valence-electron chi connectivity index (χ4n) is 5.28. The molecule has 0 fully saturated rings. The standard InChI is InChI=1S/C26H29N3O6S/c1-28-9-7-18-16(14-36(5,31)32)10-15-13-29(17-11-20(33-2)25(35-4)21(12-17)34-3)19-6-8-27-24(22(15)19)23(18)26(28)30/h7,9-13,19,27H,6,8,14H2,1-5H3. The van der Waals surface area contributed by atoms with E-state index in [0.717, 1.165) is 29.0 Å². The summed E-state index contributed by atoms with van der Waals surface area (Å²) in [6, 6.07) is 5.54. The lowest BCUT2D eigenvalue weighted by Gasteiger charge is -2.33. The summed E-state index contributed by atoms with van der Waals surface area (Å²) in [4.78, 5) is 15.5. The molecule has 1 aromatic carbocycles. The average molecular weight is 512 g/mol. The van der Waals surface area contributed by atoms with Crippen molar-refractivity contribution in [2.75, 3.05) is 44.8 Å². The predicted octanol–water partition coefficient (Wildman–Crippen LogP) is 2.33. The number of hydrogen-bond acceptors (Lipinski definition) is 8. The number of rotatable bonds is 6. The zero-order chi connectivity index (χ0) is 25.8. The third kappa shape index (κ3) is 3.85. The Bertz CT molecular complexity index is 1490. The van der Waals surface area contributed by atoms with Crippen LogP contribution < -0.4 is 30.0 Å². The van der Waals surface area contributed by atoms with Gasteiger partial charge >= 0.3 is 0 Å². The number of aromatic nitrogens is 1. The summed E-state index contributed by atoms with van der Waals surface area (Å²) in [6.45, 7) is 0.657. The monoisotopic (exact) mass is 511 g/mol. The molecule has 1 N–H and O–H groups in total. The summed E-state index contributed by atoms with van der Waals surface area (Å²) in [7, 11) is 3.06. The van der Waals surface area contributed by atoms with Gasteiger partial charge in [0, 0.05) is 55.6 Å². The number of benzene rings is 1. The van der Waals surface area contributed by atoms with Gasteiger partial charge in [0.15, 0.2) is 21.3 Å². The predicted molar refractivity (Wildman–Crippen MR) is 139 cm³/mol. The minimum atomic E-state index is -3.35. The van der Waals surface area contributed by atoms with E-state index in [2.05, 4.69) is 10.2 Å². The summed E-state index contributed by atoms with van der Waals surface area (Å²) in [5.74, 6) is 1.41. The molecule has 5 rings (SSSR count). The lowest BCUT2D eigenvalue weighted by Crippen LogP contribution is -2.38. The van der Waals surface area contributed by atoms with E-state index in [1.54, 1.807) is 34.6 Å². The van der Waals surface area contributed by atoms with E-state index in [0.29, 0.717) is 40.5 Å². The van der Waals surface area contributed by atoms with Gasteiger partial charge in [-0.2, -0.15) is 0 Å². The van der Waals surface area contributed by atoms with E-state index in [1.165, 1.54) is 10.8 Å². The van der Waals surface area contributed by atoms with E-state index in [9.17, 15) is 13.2 Å². The number of anilines is 1. The Kier molecular flexibility index (Phi) is 5.86. The number of fused-ring (bicyclic) bond motifs is 2. The molecule has 0 saturated heterocycles. The minimum Gasteiger partial charge on any atom is -0.493 e. The topological polar surface area (TPSA) is 99.1 Å². The van der Waals surface area contributed by atoms with Crippen LogP contribution in [0.4, 0.5) is 5.69 Å². The van der Waals surface area contributed by atoms with Crippen LogP contribution in [0, 0.1) is 0 Å². The molecule has 2 aromatic rings. The van der Waals surface area contributed by atoms with Gasteiger partial charge < -0.3 is 29.0 Å². The second-order valence-electron chi connectivity index (χ2n) is 9.16. The number of ether oxygens (including phenoxy) is 3. The van der Waals surface area contributed by atoms with Gasteiger partial charge in [-0.3, -0.25) is 4.79 Å². The summed E-state index contributed by atoms with van der Waals surface area (Å²) in [5.41, 5.74) is 5.01. The smallest absolute Gasteiger partial charge is 0.260 e. The quantitative estimate of drug-likeness (QED) is 0.631. The molecule has 1 atom stereocenters. The number of pyridine rings is 1. The number of aryl methyl sites for hydroxylation is 1. The Morgan fingerprint density at radius 3 is 2.42 bits per heavy atom. The largest absolute Gasteiger partial charge is 0.493 e. The number of methoxy groups -OCH3 is 3. The fraction of sp³-hybridized carbons (Fsp3) is 0.346. The molecule has 0 radical (unpaired) electrons. The minimum absolute atomic E-state index is 0.0642. The van der Waals surface area contributed by atoms with Crippen LogP contribution in [-0.2, 0) is 16.9 Å². The van der Waals surface area contributed by atoms with Gasteiger partial charge in [-0.1, -0.05) is 0 Å². The van der Waals surface area contributed by atoms with Crippen LogP contribution in [0.3, 0.4) is 0 Å². The molecule has 1 aliphatic carbocycles. The maximum Gasteiger partial charge on any atom is 0.260 e. The van der Waals surface area contributed by atoms with Gasteiger partial charge in [-0.25, -0.2) is 8.42 Å².